The smallest absolute Gasteiger partial charge is 0.411 e. The number of benzene rings is 2. The van der Waals surface area contributed by atoms with E-state index in [2.05, 4.69) is 15.7 Å². The molecule has 48 heavy (non-hydrogen) atoms. The lowest BCUT2D eigenvalue weighted by Gasteiger charge is -2.45. The Balaban J connectivity index is 1.29. The molecular formula is C36H44ClN3O7S. The Labute approximate surface area is 287 Å². The van der Waals surface area contributed by atoms with Crippen molar-refractivity contribution in [2.45, 2.75) is 87.9 Å². The summed E-state index contributed by atoms with van der Waals surface area (Å²) in [6.07, 6.45) is 6.58. The average molecular weight is 698 g/mol. The van der Waals surface area contributed by atoms with Crippen LogP contribution in [0.25, 0.3) is 0 Å². The first-order chi connectivity index (χ1) is 22.6. The van der Waals surface area contributed by atoms with Gasteiger partial charge in [-0.1, -0.05) is 29.8 Å². The van der Waals surface area contributed by atoms with Crippen molar-refractivity contribution in [2.75, 3.05) is 31.1 Å². The van der Waals surface area contributed by atoms with Crippen LogP contribution < -0.4 is 14.4 Å². The molecular weight excluding hydrogens is 654 g/mol. The summed E-state index contributed by atoms with van der Waals surface area (Å²) in [5, 5.41) is 12.3. The highest BCUT2D eigenvalue weighted by molar-refractivity contribution is 7.90. The van der Waals surface area contributed by atoms with Gasteiger partial charge in [-0.2, -0.15) is 0 Å². The molecule has 2 unspecified atom stereocenters. The van der Waals surface area contributed by atoms with Gasteiger partial charge in [0.05, 0.1) is 23.3 Å². The molecule has 2 amide bonds. The normalized spacial score (nSPS) is 33.1. The van der Waals surface area contributed by atoms with Crippen molar-refractivity contribution in [3.05, 3.63) is 64.7 Å². The van der Waals surface area contributed by atoms with E-state index in [0.717, 1.165) is 32.1 Å². The van der Waals surface area contributed by atoms with Gasteiger partial charge in [0, 0.05) is 35.5 Å². The first-order valence-corrected chi connectivity index (χ1v) is 18.7. The predicted octanol–water partition coefficient (Wildman–Crippen LogP) is 5.20. The van der Waals surface area contributed by atoms with Crippen LogP contribution in [0.2, 0.25) is 5.02 Å². The van der Waals surface area contributed by atoms with Gasteiger partial charge in [0.15, 0.2) is 0 Å². The lowest BCUT2D eigenvalue weighted by molar-refractivity contribution is -0.123. The maximum Gasteiger partial charge on any atom is 0.411 e. The van der Waals surface area contributed by atoms with Crippen molar-refractivity contribution in [3.8, 4) is 5.75 Å². The minimum Gasteiger partial charge on any atom is -0.490 e. The predicted molar refractivity (Wildman–Crippen MR) is 182 cm³/mol. The van der Waals surface area contributed by atoms with E-state index in [9.17, 15) is 23.1 Å². The van der Waals surface area contributed by atoms with E-state index in [-0.39, 0.29) is 28.2 Å². The number of nitrogens with zero attached hydrogens (tertiary/aromatic N) is 2. The fourth-order valence-corrected chi connectivity index (χ4v) is 9.82. The molecule has 12 heteroatoms. The van der Waals surface area contributed by atoms with Crippen molar-refractivity contribution in [1.82, 2.24) is 9.62 Å². The van der Waals surface area contributed by atoms with Crippen LogP contribution in [0, 0.1) is 17.3 Å². The molecule has 0 radical (unpaired) electrons. The molecule has 2 saturated carbocycles. The molecule has 2 aromatic rings. The van der Waals surface area contributed by atoms with Gasteiger partial charge in [-0.3, -0.25) is 9.69 Å². The van der Waals surface area contributed by atoms with Gasteiger partial charge in [-0.15, -0.1) is 0 Å². The zero-order chi connectivity index (χ0) is 34.2. The van der Waals surface area contributed by atoms with Crippen molar-refractivity contribution in [3.63, 3.8) is 0 Å². The maximum absolute atomic E-state index is 13.8. The van der Waals surface area contributed by atoms with Gasteiger partial charge in [-0.05, 0) is 113 Å². The second kappa shape index (κ2) is 11.7. The van der Waals surface area contributed by atoms with E-state index in [4.69, 9.17) is 21.1 Å². The van der Waals surface area contributed by atoms with Crippen molar-refractivity contribution >= 4 is 39.3 Å². The largest absolute Gasteiger partial charge is 0.490 e. The molecule has 2 fully saturated rings. The van der Waals surface area contributed by atoms with Crippen LogP contribution in [0.5, 0.6) is 5.75 Å². The number of amides is 2. The SMILES string of the molecule is C[C@H]1C(=O)NS(=O)(=O)c2ccc3c(c2)N(C[C@@H]2CC4CC42[C@@H](O)/C=C/CN1C(=O)OC(C)(C)C)C[C@@]1(CCCc2cc(Cl)ccc21)CO3. The zero-order valence-electron chi connectivity index (χ0n) is 27.9. The number of hydrogen-bond donors (Lipinski definition) is 2. The molecule has 6 atom stereocenters. The Morgan fingerprint density at radius 2 is 1.96 bits per heavy atom. The van der Waals surface area contributed by atoms with Crippen LogP contribution in [0.3, 0.4) is 0 Å². The monoisotopic (exact) mass is 697 g/mol. The molecule has 258 valence electrons. The summed E-state index contributed by atoms with van der Waals surface area (Å²) < 4.78 is 41.8. The van der Waals surface area contributed by atoms with Gasteiger partial charge in [-0.25, -0.2) is 17.9 Å². The van der Waals surface area contributed by atoms with E-state index in [1.807, 2.05) is 12.1 Å². The van der Waals surface area contributed by atoms with Gasteiger partial charge in [0.25, 0.3) is 15.9 Å². The van der Waals surface area contributed by atoms with Crippen molar-refractivity contribution in [2.24, 2.45) is 17.3 Å². The Bertz CT molecular complexity index is 1790. The summed E-state index contributed by atoms with van der Waals surface area (Å²) >= 11 is 6.41. The number of carbonyl (C=O) groups excluding carboxylic acids is 2. The molecule has 2 bridgehead atoms. The Morgan fingerprint density at radius 1 is 1.17 bits per heavy atom. The highest BCUT2D eigenvalue weighted by Gasteiger charge is 2.70. The van der Waals surface area contributed by atoms with E-state index in [0.29, 0.717) is 42.1 Å². The third-order valence-electron chi connectivity index (χ3n) is 11.2. The van der Waals surface area contributed by atoms with E-state index < -0.39 is 39.8 Å². The third-order valence-corrected chi connectivity index (χ3v) is 12.7. The molecule has 2 N–H and O–H groups in total. The second-order valence-electron chi connectivity index (χ2n) is 15.3. The third kappa shape index (κ3) is 5.75. The number of aliphatic hydroxyl groups excluding tert-OH is 1. The van der Waals surface area contributed by atoms with Gasteiger partial charge in [0.2, 0.25) is 0 Å². The molecule has 5 aliphatic rings. The van der Waals surface area contributed by atoms with Crippen LogP contribution in [-0.2, 0) is 31.4 Å². The Morgan fingerprint density at radius 3 is 2.69 bits per heavy atom. The topological polar surface area (TPSA) is 125 Å². The number of ether oxygens (including phenoxy) is 2. The second-order valence-corrected chi connectivity index (χ2v) is 17.5. The number of fused-ring (bicyclic) bond motifs is 3. The number of aliphatic hydroxyl groups is 1. The zero-order valence-corrected chi connectivity index (χ0v) is 29.4. The number of anilines is 1. The lowest BCUT2D eigenvalue weighted by atomic mass is 9.68. The Kier molecular flexibility index (Phi) is 8.07. The van der Waals surface area contributed by atoms with Gasteiger partial charge < -0.3 is 19.5 Å². The van der Waals surface area contributed by atoms with Crippen LogP contribution in [0.1, 0.15) is 64.5 Å². The fraction of sp³-hybridized carbons (Fsp3) is 0.556. The number of nitrogens with one attached hydrogen (secondary N) is 1. The highest BCUT2D eigenvalue weighted by Crippen LogP contribution is 2.73. The highest BCUT2D eigenvalue weighted by atomic mass is 35.5. The first-order valence-electron chi connectivity index (χ1n) is 16.8. The van der Waals surface area contributed by atoms with Crippen LogP contribution in [0.4, 0.5) is 10.5 Å². The number of halogens is 1. The number of carbonyl (C=O) groups is 2. The standard InChI is InChI=1S/C36H44ClN3O7S/c1-22-32(42)38-48(44,45)27-10-12-30-29(17-27)39(20-35(21-46-30)13-5-7-23-15-26(37)9-11-28(23)35)19-25-16-24-18-36(24,25)31(41)8-6-14-40(22)33(43)47-34(2,3)4/h6,8-12,15,17,22,24-25,31,41H,5,7,13-14,16,18-21H2,1-4H3,(H,38,42)/b8-6+/t22-,24?,25-,31-,35-,36?/m0/s1. The minimum absolute atomic E-state index is 0.0414. The van der Waals surface area contributed by atoms with Gasteiger partial charge in [0.1, 0.15) is 17.4 Å². The lowest BCUT2D eigenvalue weighted by Crippen LogP contribution is -2.51. The van der Waals surface area contributed by atoms with Crippen molar-refractivity contribution in [1.29, 1.82) is 0 Å². The van der Waals surface area contributed by atoms with Crippen LogP contribution in [-0.4, -0.2) is 74.4 Å². The summed E-state index contributed by atoms with van der Waals surface area (Å²) in [5.74, 6) is 0.257. The Hall–Kier alpha value is -3.28. The number of aryl methyl sites for hydroxylation is 1. The summed E-state index contributed by atoms with van der Waals surface area (Å²) in [4.78, 5) is 30.0. The van der Waals surface area contributed by atoms with E-state index >= 15 is 0 Å². The molecule has 2 heterocycles. The van der Waals surface area contributed by atoms with Crippen molar-refractivity contribution < 1.29 is 32.6 Å². The molecule has 0 saturated heterocycles. The molecule has 0 aromatic heterocycles. The van der Waals surface area contributed by atoms with Gasteiger partial charge >= 0.3 is 6.09 Å². The fourth-order valence-electron chi connectivity index (χ4n) is 8.56. The molecule has 2 aliphatic heterocycles. The summed E-state index contributed by atoms with van der Waals surface area (Å²) in [6, 6.07) is 9.59. The minimum atomic E-state index is -4.33. The number of hydrogen-bond acceptors (Lipinski definition) is 8. The number of sulfonamides is 1. The molecule has 3 aliphatic carbocycles. The van der Waals surface area contributed by atoms with Crippen LogP contribution >= 0.6 is 11.6 Å². The molecule has 7 rings (SSSR count). The quantitative estimate of drug-likeness (QED) is 0.360. The van der Waals surface area contributed by atoms with E-state index in [1.54, 1.807) is 45.1 Å². The summed E-state index contributed by atoms with van der Waals surface area (Å²) in [7, 11) is -4.33. The van der Waals surface area contributed by atoms with Crippen LogP contribution in [0.15, 0.2) is 53.4 Å². The molecule has 2 spiro atoms. The molecule has 10 nitrogen and oxygen atoms in total. The first kappa shape index (κ1) is 33.2. The molecule has 2 aromatic carbocycles. The summed E-state index contributed by atoms with van der Waals surface area (Å²) in [5.41, 5.74) is 1.58. The average Bonchev–Trinajstić information content (AvgIpc) is 3.66. The summed E-state index contributed by atoms with van der Waals surface area (Å²) in [6.45, 7) is 8.21. The number of rotatable bonds is 0. The van der Waals surface area contributed by atoms with E-state index in [1.165, 1.54) is 29.0 Å². The maximum atomic E-state index is 13.8.